The molecule has 29 heavy (non-hydrogen) atoms. The summed E-state index contributed by atoms with van der Waals surface area (Å²) in [6.45, 7) is 3.74. The lowest BCUT2D eigenvalue weighted by molar-refractivity contribution is 0.174. The second-order valence-electron chi connectivity index (χ2n) is 6.44. The highest BCUT2D eigenvalue weighted by Gasteiger charge is 2.22. The summed E-state index contributed by atoms with van der Waals surface area (Å²) in [5.74, 6) is 3.90. The number of aromatic nitrogens is 2. The van der Waals surface area contributed by atoms with Crippen LogP contribution in [0.2, 0.25) is 0 Å². The van der Waals surface area contributed by atoms with Crippen molar-refractivity contribution in [3.63, 3.8) is 0 Å². The van der Waals surface area contributed by atoms with Gasteiger partial charge in [-0.05, 0) is 30.7 Å². The minimum Gasteiger partial charge on any atom is -0.493 e. The number of nitrogens with zero attached hydrogens (tertiary/aromatic N) is 3. The van der Waals surface area contributed by atoms with E-state index in [0.29, 0.717) is 29.3 Å². The Hall–Kier alpha value is -3.42. The van der Waals surface area contributed by atoms with Crippen LogP contribution in [0, 0.1) is 0 Å². The second kappa shape index (κ2) is 7.90. The molecule has 0 unspecified atom stereocenters. The average Bonchev–Trinajstić information content (AvgIpc) is 3.23. The standard InChI is InChI=1S/C21H23N3O5/c1-5-24(10-13-6-7-15-16(8-13)29-12-28-15)21-14-9-17(25-2)19(26-3)20(27-4)18(14)22-11-23-21/h6-9,11H,5,10,12H2,1-4H3. The fourth-order valence-electron chi connectivity index (χ4n) is 3.50. The van der Waals surface area contributed by atoms with Crippen molar-refractivity contribution in [3.05, 3.63) is 36.2 Å². The molecule has 0 amide bonds. The highest BCUT2D eigenvalue weighted by atomic mass is 16.7. The van der Waals surface area contributed by atoms with Gasteiger partial charge in [-0.2, -0.15) is 0 Å². The maximum absolute atomic E-state index is 5.58. The number of anilines is 1. The van der Waals surface area contributed by atoms with Crippen molar-refractivity contribution in [3.8, 4) is 28.7 Å². The largest absolute Gasteiger partial charge is 0.493 e. The molecule has 1 aromatic heterocycles. The molecule has 2 aromatic carbocycles. The molecule has 0 N–H and O–H groups in total. The van der Waals surface area contributed by atoms with E-state index in [1.165, 1.54) is 6.33 Å². The van der Waals surface area contributed by atoms with E-state index in [9.17, 15) is 0 Å². The fraction of sp³-hybridized carbons (Fsp3) is 0.333. The van der Waals surface area contributed by atoms with Crippen molar-refractivity contribution in [1.29, 1.82) is 0 Å². The van der Waals surface area contributed by atoms with Gasteiger partial charge in [0.15, 0.2) is 23.0 Å². The van der Waals surface area contributed by atoms with Crippen LogP contribution in [0.3, 0.4) is 0 Å². The zero-order valence-corrected chi connectivity index (χ0v) is 16.9. The Morgan fingerprint density at radius 2 is 1.76 bits per heavy atom. The number of ether oxygens (including phenoxy) is 5. The van der Waals surface area contributed by atoms with Gasteiger partial charge in [-0.25, -0.2) is 9.97 Å². The van der Waals surface area contributed by atoms with E-state index in [0.717, 1.165) is 34.8 Å². The molecule has 0 fully saturated rings. The Morgan fingerprint density at radius 3 is 2.48 bits per heavy atom. The van der Waals surface area contributed by atoms with Crippen LogP contribution in [0.25, 0.3) is 10.9 Å². The summed E-state index contributed by atoms with van der Waals surface area (Å²) in [5, 5.41) is 0.824. The molecule has 3 aromatic rings. The molecular weight excluding hydrogens is 374 g/mol. The monoisotopic (exact) mass is 397 g/mol. The van der Waals surface area contributed by atoms with E-state index in [4.69, 9.17) is 23.7 Å². The molecule has 0 bridgehead atoms. The van der Waals surface area contributed by atoms with E-state index >= 15 is 0 Å². The van der Waals surface area contributed by atoms with Gasteiger partial charge in [-0.3, -0.25) is 0 Å². The normalized spacial score (nSPS) is 12.1. The summed E-state index contributed by atoms with van der Waals surface area (Å²) in [5.41, 5.74) is 1.76. The third-order valence-corrected chi connectivity index (χ3v) is 4.90. The molecule has 8 heteroatoms. The van der Waals surface area contributed by atoms with Crippen LogP contribution < -0.4 is 28.6 Å². The lowest BCUT2D eigenvalue weighted by Gasteiger charge is -2.24. The van der Waals surface area contributed by atoms with Gasteiger partial charge >= 0.3 is 0 Å². The van der Waals surface area contributed by atoms with Gasteiger partial charge in [0.25, 0.3) is 0 Å². The molecule has 0 radical (unpaired) electrons. The molecule has 2 heterocycles. The summed E-state index contributed by atoms with van der Waals surface area (Å²) in [4.78, 5) is 11.2. The minimum absolute atomic E-state index is 0.258. The van der Waals surface area contributed by atoms with E-state index in [1.807, 2.05) is 24.3 Å². The number of hydrogen-bond donors (Lipinski definition) is 0. The highest BCUT2D eigenvalue weighted by Crippen LogP contribution is 2.44. The van der Waals surface area contributed by atoms with Gasteiger partial charge in [0, 0.05) is 13.1 Å². The molecule has 0 spiro atoms. The second-order valence-corrected chi connectivity index (χ2v) is 6.44. The Labute approximate surface area is 168 Å². The van der Waals surface area contributed by atoms with Crippen molar-refractivity contribution in [1.82, 2.24) is 9.97 Å². The summed E-state index contributed by atoms with van der Waals surface area (Å²) >= 11 is 0. The van der Waals surface area contributed by atoms with E-state index in [1.54, 1.807) is 21.3 Å². The lowest BCUT2D eigenvalue weighted by Crippen LogP contribution is -2.23. The summed E-state index contributed by atoms with van der Waals surface area (Å²) < 4.78 is 27.5. The fourth-order valence-corrected chi connectivity index (χ4v) is 3.50. The molecule has 0 saturated carbocycles. The molecule has 8 nitrogen and oxygen atoms in total. The van der Waals surface area contributed by atoms with Crippen LogP contribution in [0.4, 0.5) is 5.82 Å². The van der Waals surface area contributed by atoms with Crippen LogP contribution in [0.15, 0.2) is 30.6 Å². The number of fused-ring (bicyclic) bond motifs is 2. The number of benzene rings is 2. The van der Waals surface area contributed by atoms with Crippen LogP contribution in [0.1, 0.15) is 12.5 Å². The van der Waals surface area contributed by atoms with Gasteiger partial charge < -0.3 is 28.6 Å². The molecule has 0 atom stereocenters. The number of hydrogen-bond acceptors (Lipinski definition) is 8. The lowest BCUT2D eigenvalue weighted by atomic mass is 10.1. The minimum atomic E-state index is 0.258. The van der Waals surface area contributed by atoms with Crippen LogP contribution in [-0.4, -0.2) is 44.6 Å². The summed E-state index contributed by atoms with van der Waals surface area (Å²) in [6, 6.07) is 7.84. The van der Waals surface area contributed by atoms with Gasteiger partial charge in [0.05, 0.1) is 26.7 Å². The Bertz CT molecular complexity index is 1040. The van der Waals surface area contributed by atoms with Crippen molar-refractivity contribution in [2.75, 3.05) is 39.6 Å². The van der Waals surface area contributed by atoms with Gasteiger partial charge in [-0.1, -0.05) is 6.07 Å². The van der Waals surface area contributed by atoms with Crippen molar-refractivity contribution in [2.45, 2.75) is 13.5 Å². The molecular formula is C21H23N3O5. The zero-order chi connectivity index (χ0) is 20.4. The first kappa shape index (κ1) is 18.9. The summed E-state index contributed by atoms with van der Waals surface area (Å²) in [6.07, 6.45) is 1.54. The Balaban J connectivity index is 1.79. The molecule has 1 aliphatic rings. The third-order valence-electron chi connectivity index (χ3n) is 4.90. The van der Waals surface area contributed by atoms with E-state index in [-0.39, 0.29) is 6.79 Å². The molecule has 152 valence electrons. The quantitative estimate of drug-likeness (QED) is 0.600. The molecule has 0 saturated heterocycles. The van der Waals surface area contributed by atoms with E-state index < -0.39 is 0 Å². The van der Waals surface area contributed by atoms with E-state index in [2.05, 4.69) is 21.8 Å². The van der Waals surface area contributed by atoms with Gasteiger partial charge in [-0.15, -0.1) is 0 Å². The maximum Gasteiger partial charge on any atom is 0.231 e. The smallest absolute Gasteiger partial charge is 0.231 e. The van der Waals surface area contributed by atoms with Crippen LogP contribution >= 0.6 is 0 Å². The number of methoxy groups -OCH3 is 3. The Kier molecular flexibility index (Phi) is 5.16. The topological polar surface area (TPSA) is 75.2 Å². The Morgan fingerprint density at radius 1 is 0.966 bits per heavy atom. The predicted octanol–water partition coefficient (Wildman–Crippen LogP) is 3.41. The third kappa shape index (κ3) is 3.30. The van der Waals surface area contributed by atoms with Gasteiger partial charge in [0.1, 0.15) is 17.7 Å². The first-order valence-corrected chi connectivity index (χ1v) is 9.27. The van der Waals surface area contributed by atoms with Crippen molar-refractivity contribution >= 4 is 16.7 Å². The molecule has 4 rings (SSSR count). The summed E-state index contributed by atoms with van der Waals surface area (Å²) in [7, 11) is 4.76. The molecule has 1 aliphatic heterocycles. The maximum atomic E-state index is 5.58. The average molecular weight is 397 g/mol. The predicted molar refractivity (Wildman–Crippen MR) is 108 cm³/mol. The van der Waals surface area contributed by atoms with Crippen LogP contribution in [0.5, 0.6) is 28.7 Å². The molecule has 0 aliphatic carbocycles. The van der Waals surface area contributed by atoms with Crippen molar-refractivity contribution < 1.29 is 23.7 Å². The van der Waals surface area contributed by atoms with Gasteiger partial charge in [0.2, 0.25) is 12.5 Å². The first-order valence-electron chi connectivity index (χ1n) is 9.27. The highest BCUT2D eigenvalue weighted by molar-refractivity contribution is 5.97. The van der Waals surface area contributed by atoms with Crippen LogP contribution in [-0.2, 0) is 6.54 Å². The first-order chi connectivity index (χ1) is 14.2. The van der Waals surface area contributed by atoms with Crippen molar-refractivity contribution in [2.24, 2.45) is 0 Å². The zero-order valence-electron chi connectivity index (χ0n) is 16.9. The SMILES string of the molecule is CCN(Cc1ccc2c(c1)OCO2)c1ncnc2c(OC)c(OC)c(OC)cc12. The number of rotatable bonds is 7.